The van der Waals surface area contributed by atoms with E-state index in [-0.39, 0.29) is 23.9 Å². The fourth-order valence-corrected chi connectivity index (χ4v) is 3.62. The van der Waals surface area contributed by atoms with E-state index in [1.165, 1.54) is 6.92 Å². The van der Waals surface area contributed by atoms with Gasteiger partial charge in [-0.25, -0.2) is 4.39 Å². The van der Waals surface area contributed by atoms with E-state index in [4.69, 9.17) is 4.74 Å². The number of aliphatic hydroxyl groups excluding tert-OH is 1. The Balaban J connectivity index is 1.98. The zero-order chi connectivity index (χ0) is 15.6. The van der Waals surface area contributed by atoms with Crippen molar-refractivity contribution in [2.24, 2.45) is 17.8 Å². The van der Waals surface area contributed by atoms with Crippen LogP contribution in [0.5, 0.6) is 0 Å². The minimum atomic E-state index is -1.59. The molecule has 0 unspecified atom stereocenters. The molecular weight excluding hydrogens is 271 g/mol. The van der Waals surface area contributed by atoms with Crippen molar-refractivity contribution < 1.29 is 19.0 Å². The van der Waals surface area contributed by atoms with Gasteiger partial charge in [0.25, 0.3) is 0 Å². The predicted molar refractivity (Wildman–Crippen MR) is 79.4 cm³/mol. The molecule has 0 amide bonds. The van der Waals surface area contributed by atoms with Crippen LogP contribution in [0.15, 0.2) is 12.2 Å². The summed E-state index contributed by atoms with van der Waals surface area (Å²) >= 11 is 0. The van der Waals surface area contributed by atoms with Gasteiger partial charge in [-0.2, -0.15) is 0 Å². The summed E-state index contributed by atoms with van der Waals surface area (Å²) in [6, 6.07) is 0. The number of carbonyl (C=O) groups is 1. The van der Waals surface area contributed by atoms with Crippen LogP contribution in [0.4, 0.5) is 4.39 Å². The van der Waals surface area contributed by atoms with Crippen molar-refractivity contribution in [2.75, 3.05) is 0 Å². The Bertz CT molecular complexity index is 405. The molecule has 1 saturated heterocycles. The van der Waals surface area contributed by atoms with E-state index in [2.05, 4.69) is 6.92 Å². The van der Waals surface area contributed by atoms with E-state index in [0.29, 0.717) is 18.8 Å². The highest BCUT2D eigenvalue weighted by atomic mass is 19.1. The Morgan fingerprint density at radius 1 is 1.57 bits per heavy atom. The molecule has 1 aliphatic heterocycles. The molecule has 1 heterocycles. The molecule has 0 bridgehead atoms. The number of ether oxygens (including phenoxy) is 1. The van der Waals surface area contributed by atoms with E-state index in [1.807, 2.05) is 13.0 Å². The lowest BCUT2D eigenvalue weighted by molar-refractivity contribution is -0.141. The molecule has 0 spiro atoms. The first-order valence-electron chi connectivity index (χ1n) is 8.10. The Morgan fingerprint density at radius 3 is 2.95 bits per heavy atom. The molecule has 0 aromatic carbocycles. The quantitative estimate of drug-likeness (QED) is 0.604. The first-order valence-corrected chi connectivity index (χ1v) is 8.10. The topological polar surface area (TPSA) is 46.5 Å². The highest BCUT2D eigenvalue weighted by Crippen LogP contribution is 2.45. The first-order chi connectivity index (χ1) is 9.85. The van der Waals surface area contributed by atoms with Crippen LogP contribution >= 0.6 is 0 Å². The normalized spacial score (nSPS) is 36.5. The summed E-state index contributed by atoms with van der Waals surface area (Å²) in [5.74, 6) is 0.655. The lowest BCUT2D eigenvalue weighted by atomic mass is 9.86. The Hall–Kier alpha value is -0.900. The summed E-state index contributed by atoms with van der Waals surface area (Å²) in [6.07, 6.45) is 5.78. The number of fused-ring (bicyclic) bond motifs is 1. The summed E-state index contributed by atoms with van der Waals surface area (Å²) < 4.78 is 19.7. The summed E-state index contributed by atoms with van der Waals surface area (Å²) in [4.78, 5) is 11.4. The van der Waals surface area contributed by atoms with Crippen molar-refractivity contribution in [3.8, 4) is 0 Å². The third-order valence-corrected chi connectivity index (χ3v) is 5.07. The largest absolute Gasteiger partial charge is 0.462 e. The number of alkyl halides is 1. The highest BCUT2D eigenvalue weighted by Gasteiger charge is 2.47. The van der Waals surface area contributed by atoms with Crippen LogP contribution < -0.4 is 0 Å². The number of esters is 1. The standard InChI is InChI=1S/C17H27FO3/c1-4-5-8-17(3,18)15(19)7-6-12-11(2)9-14-13(12)10-16(20)21-14/h6-7,11-15,19H,4-5,8-10H2,1-3H3/t11-,12+,13-,14+,15+,17-/m1/s1. The van der Waals surface area contributed by atoms with Crippen LogP contribution in [0.1, 0.15) is 52.9 Å². The SMILES string of the molecule is CCCC[C@@](C)(F)[C@@H](O)C=C[C@@H]1[C@H]2CC(=O)O[C@H]2C[C@H]1C. The molecule has 0 aromatic rings. The molecule has 2 fully saturated rings. The number of rotatable bonds is 6. The van der Waals surface area contributed by atoms with Gasteiger partial charge in [-0.3, -0.25) is 4.79 Å². The van der Waals surface area contributed by atoms with Crippen molar-refractivity contribution in [1.29, 1.82) is 0 Å². The van der Waals surface area contributed by atoms with Gasteiger partial charge < -0.3 is 9.84 Å². The molecule has 0 radical (unpaired) electrons. The number of carbonyl (C=O) groups excluding carboxylic acids is 1. The summed E-state index contributed by atoms with van der Waals surface area (Å²) in [5, 5.41) is 10.1. The summed E-state index contributed by atoms with van der Waals surface area (Å²) in [6.45, 7) is 5.59. The molecule has 6 atom stereocenters. The van der Waals surface area contributed by atoms with Crippen LogP contribution in [0, 0.1) is 17.8 Å². The Labute approximate surface area is 126 Å². The molecule has 21 heavy (non-hydrogen) atoms. The van der Waals surface area contributed by atoms with Crippen molar-refractivity contribution in [2.45, 2.75) is 70.8 Å². The number of hydrogen-bond acceptors (Lipinski definition) is 3. The zero-order valence-electron chi connectivity index (χ0n) is 13.2. The van der Waals surface area contributed by atoms with E-state index in [0.717, 1.165) is 19.3 Å². The minimum Gasteiger partial charge on any atom is -0.462 e. The summed E-state index contributed by atoms with van der Waals surface area (Å²) in [5.41, 5.74) is -1.59. The maximum Gasteiger partial charge on any atom is 0.306 e. The molecule has 120 valence electrons. The van der Waals surface area contributed by atoms with Gasteiger partial charge in [-0.1, -0.05) is 38.8 Å². The van der Waals surface area contributed by atoms with E-state index in [9.17, 15) is 14.3 Å². The van der Waals surface area contributed by atoms with Crippen molar-refractivity contribution in [3.63, 3.8) is 0 Å². The van der Waals surface area contributed by atoms with Gasteiger partial charge in [0.05, 0.1) is 6.42 Å². The van der Waals surface area contributed by atoms with Crippen LogP contribution in [0.25, 0.3) is 0 Å². The second-order valence-corrected chi connectivity index (χ2v) is 6.90. The van der Waals surface area contributed by atoms with Crippen LogP contribution in [-0.4, -0.2) is 29.0 Å². The van der Waals surface area contributed by atoms with E-state index in [1.54, 1.807) is 6.08 Å². The first kappa shape index (κ1) is 16.5. The van der Waals surface area contributed by atoms with E-state index >= 15 is 0 Å². The minimum absolute atomic E-state index is 0.0103. The lowest BCUT2D eigenvalue weighted by Crippen LogP contribution is -2.33. The van der Waals surface area contributed by atoms with Gasteiger partial charge in [0.2, 0.25) is 0 Å². The lowest BCUT2D eigenvalue weighted by Gasteiger charge is -2.25. The molecule has 1 N–H and O–H groups in total. The van der Waals surface area contributed by atoms with Crippen molar-refractivity contribution in [3.05, 3.63) is 12.2 Å². The fourth-order valence-electron chi connectivity index (χ4n) is 3.62. The van der Waals surface area contributed by atoms with Gasteiger partial charge in [-0.15, -0.1) is 0 Å². The molecule has 3 nitrogen and oxygen atoms in total. The third kappa shape index (κ3) is 3.65. The van der Waals surface area contributed by atoms with Gasteiger partial charge in [0, 0.05) is 5.92 Å². The highest BCUT2D eigenvalue weighted by molar-refractivity contribution is 5.72. The molecule has 1 saturated carbocycles. The average Bonchev–Trinajstić information content (AvgIpc) is 2.89. The molecule has 4 heteroatoms. The number of unbranched alkanes of at least 4 members (excludes halogenated alkanes) is 1. The van der Waals surface area contributed by atoms with Crippen LogP contribution in [-0.2, 0) is 9.53 Å². The molecule has 2 rings (SSSR count). The number of aliphatic hydroxyl groups is 1. The van der Waals surface area contributed by atoms with Crippen LogP contribution in [0.3, 0.4) is 0 Å². The van der Waals surface area contributed by atoms with Crippen molar-refractivity contribution >= 4 is 5.97 Å². The van der Waals surface area contributed by atoms with Gasteiger partial charge in [0.1, 0.15) is 17.9 Å². The maximum atomic E-state index is 14.4. The zero-order valence-corrected chi connectivity index (χ0v) is 13.2. The Kier molecular flexibility index (Phi) is 5.07. The summed E-state index contributed by atoms with van der Waals surface area (Å²) in [7, 11) is 0. The number of hydrogen-bond donors (Lipinski definition) is 1. The van der Waals surface area contributed by atoms with E-state index < -0.39 is 11.8 Å². The van der Waals surface area contributed by atoms with Crippen molar-refractivity contribution in [1.82, 2.24) is 0 Å². The van der Waals surface area contributed by atoms with Gasteiger partial charge in [-0.05, 0) is 31.6 Å². The Morgan fingerprint density at radius 2 is 2.29 bits per heavy atom. The third-order valence-electron chi connectivity index (χ3n) is 5.07. The van der Waals surface area contributed by atoms with Gasteiger partial charge in [0.15, 0.2) is 0 Å². The average molecular weight is 298 g/mol. The monoisotopic (exact) mass is 298 g/mol. The predicted octanol–water partition coefficient (Wildman–Crippen LogP) is 3.41. The number of halogens is 1. The fraction of sp³-hybridized carbons (Fsp3) is 0.824. The molecule has 2 aliphatic rings. The number of allylic oxidation sites excluding steroid dienone is 1. The second-order valence-electron chi connectivity index (χ2n) is 6.90. The smallest absolute Gasteiger partial charge is 0.306 e. The molecule has 1 aliphatic carbocycles. The molecular formula is C17H27FO3. The van der Waals surface area contributed by atoms with Crippen LogP contribution in [0.2, 0.25) is 0 Å². The van der Waals surface area contributed by atoms with Gasteiger partial charge >= 0.3 is 5.97 Å². The molecule has 0 aromatic heterocycles. The second kappa shape index (κ2) is 6.47. The maximum absolute atomic E-state index is 14.4.